The van der Waals surface area contributed by atoms with Crippen LogP contribution in [0, 0.1) is 0 Å². The summed E-state index contributed by atoms with van der Waals surface area (Å²) < 4.78 is 5.13. The van der Waals surface area contributed by atoms with Crippen LogP contribution < -0.4 is 16.4 Å². The van der Waals surface area contributed by atoms with Crippen LogP contribution in [0.25, 0.3) is 0 Å². The lowest BCUT2D eigenvalue weighted by Crippen LogP contribution is -2.33. The smallest absolute Gasteiger partial charge is 0.255 e. The summed E-state index contributed by atoms with van der Waals surface area (Å²) in [7, 11) is 1.53. The number of anilines is 1. The SMILES string of the molecule is COC(CN)CC(=O)NC(C)c1cccc(NC(=O)c2ccccc2)c1.Cl. The van der Waals surface area contributed by atoms with Crippen molar-refractivity contribution in [1.82, 2.24) is 5.32 Å². The highest BCUT2D eigenvalue weighted by molar-refractivity contribution is 6.04. The number of hydrogen-bond acceptors (Lipinski definition) is 4. The average molecular weight is 392 g/mol. The van der Waals surface area contributed by atoms with Crippen LogP contribution in [-0.2, 0) is 9.53 Å². The molecule has 2 aromatic rings. The van der Waals surface area contributed by atoms with E-state index in [-0.39, 0.29) is 42.8 Å². The topological polar surface area (TPSA) is 93.4 Å². The first-order valence-electron chi connectivity index (χ1n) is 8.52. The first-order valence-corrected chi connectivity index (χ1v) is 8.52. The van der Waals surface area contributed by atoms with Crippen molar-refractivity contribution < 1.29 is 14.3 Å². The van der Waals surface area contributed by atoms with Crippen molar-refractivity contribution in [3.05, 3.63) is 65.7 Å². The second-order valence-electron chi connectivity index (χ2n) is 6.03. The van der Waals surface area contributed by atoms with Gasteiger partial charge in [0.1, 0.15) is 0 Å². The van der Waals surface area contributed by atoms with E-state index < -0.39 is 0 Å². The van der Waals surface area contributed by atoms with Gasteiger partial charge in [-0.05, 0) is 36.8 Å². The first-order chi connectivity index (χ1) is 12.5. The van der Waals surface area contributed by atoms with Gasteiger partial charge >= 0.3 is 0 Å². The van der Waals surface area contributed by atoms with Gasteiger partial charge in [-0.25, -0.2) is 0 Å². The van der Waals surface area contributed by atoms with Gasteiger partial charge in [0.25, 0.3) is 5.91 Å². The molecule has 0 spiro atoms. The minimum absolute atomic E-state index is 0. The number of nitrogens with one attached hydrogen (secondary N) is 2. The molecule has 0 aliphatic heterocycles. The zero-order chi connectivity index (χ0) is 18.9. The van der Waals surface area contributed by atoms with Crippen LogP contribution in [0.1, 0.15) is 35.3 Å². The fraction of sp³-hybridized carbons (Fsp3) is 0.300. The van der Waals surface area contributed by atoms with E-state index in [1.54, 1.807) is 12.1 Å². The van der Waals surface area contributed by atoms with E-state index >= 15 is 0 Å². The van der Waals surface area contributed by atoms with E-state index in [9.17, 15) is 9.59 Å². The van der Waals surface area contributed by atoms with E-state index in [1.807, 2.05) is 49.4 Å². The molecule has 0 aromatic heterocycles. The lowest BCUT2D eigenvalue weighted by molar-refractivity contribution is -0.124. The minimum Gasteiger partial charge on any atom is -0.380 e. The maximum Gasteiger partial charge on any atom is 0.255 e. The standard InChI is InChI=1S/C20H25N3O3.ClH/c1-14(22-19(24)12-18(13-21)26-2)16-9-6-10-17(11-16)23-20(25)15-7-4-3-5-8-15;/h3-11,14,18H,12-13,21H2,1-2H3,(H,22,24)(H,23,25);1H. The van der Waals surface area contributed by atoms with Gasteiger partial charge in [0.15, 0.2) is 0 Å². The lowest BCUT2D eigenvalue weighted by atomic mass is 10.1. The number of amides is 2. The quantitative estimate of drug-likeness (QED) is 0.645. The van der Waals surface area contributed by atoms with Crippen molar-refractivity contribution in [2.75, 3.05) is 19.0 Å². The van der Waals surface area contributed by atoms with Crippen molar-refractivity contribution in [2.45, 2.75) is 25.5 Å². The molecule has 2 aromatic carbocycles. The Balaban J connectivity index is 0.00000364. The van der Waals surface area contributed by atoms with E-state index in [0.717, 1.165) is 5.56 Å². The van der Waals surface area contributed by atoms with E-state index in [0.29, 0.717) is 17.8 Å². The summed E-state index contributed by atoms with van der Waals surface area (Å²) in [4.78, 5) is 24.3. The predicted octanol–water partition coefficient (Wildman–Crippen LogP) is 2.90. The summed E-state index contributed by atoms with van der Waals surface area (Å²) >= 11 is 0. The molecule has 0 aliphatic carbocycles. The maximum atomic E-state index is 12.3. The van der Waals surface area contributed by atoms with Gasteiger partial charge in [0.05, 0.1) is 18.6 Å². The maximum absolute atomic E-state index is 12.3. The van der Waals surface area contributed by atoms with Crippen LogP contribution in [-0.4, -0.2) is 31.6 Å². The van der Waals surface area contributed by atoms with Crippen LogP contribution in [0.2, 0.25) is 0 Å². The number of carbonyl (C=O) groups is 2. The van der Waals surface area contributed by atoms with E-state index in [2.05, 4.69) is 10.6 Å². The fourth-order valence-electron chi connectivity index (χ4n) is 2.53. The molecule has 2 unspecified atom stereocenters. The summed E-state index contributed by atoms with van der Waals surface area (Å²) in [6.45, 7) is 2.18. The van der Waals surface area contributed by atoms with Gasteiger partial charge in [0, 0.05) is 24.9 Å². The molecule has 0 fully saturated rings. The molecule has 0 saturated heterocycles. The Kier molecular flexibility index (Phi) is 9.50. The van der Waals surface area contributed by atoms with Gasteiger partial charge in [0.2, 0.25) is 5.91 Å². The number of ether oxygens (including phenoxy) is 1. The third-order valence-corrected chi connectivity index (χ3v) is 4.07. The van der Waals surface area contributed by atoms with E-state index in [4.69, 9.17) is 10.5 Å². The summed E-state index contributed by atoms with van der Waals surface area (Å²) in [5, 5.41) is 5.79. The van der Waals surface area contributed by atoms with Crippen molar-refractivity contribution in [3.8, 4) is 0 Å². The Morgan fingerprint density at radius 3 is 2.44 bits per heavy atom. The van der Waals surface area contributed by atoms with Gasteiger partial charge in [-0.1, -0.05) is 30.3 Å². The van der Waals surface area contributed by atoms with E-state index in [1.165, 1.54) is 7.11 Å². The molecule has 27 heavy (non-hydrogen) atoms. The second-order valence-corrected chi connectivity index (χ2v) is 6.03. The molecule has 0 aliphatic rings. The van der Waals surface area contributed by atoms with Gasteiger partial charge in [-0.3, -0.25) is 9.59 Å². The fourth-order valence-corrected chi connectivity index (χ4v) is 2.53. The summed E-state index contributed by atoms with van der Waals surface area (Å²) in [6, 6.07) is 16.2. The minimum atomic E-state index is -0.293. The zero-order valence-corrected chi connectivity index (χ0v) is 16.3. The number of rotatable bonds is 8. The molecule has 0 heterocycles. The van der Waals surface area contributed by atoms with Gasteiger partial charge in [-0.2, -0.15) is 0 Å². The third kappa shape index (κ3) is 7.02. The van der Waals surface area contributed by atoms with Gasteiger partial charge < -0.3 is 21.1 Å². The monoisotopic (exact) mass is 391 g/mol. The molecule has 2 amide bonds. The van der Waals surface area contributed by atoms with Crippen LogP contribution in [0.5, 0.6) is 0 Å². The molecule has 4 N–H and O–H groups in total. The third-order valence-electron chi connectivity index (χ3n) is 4.07. The Hall–Kier alpha value is -2.41. The average Bonchev–Trinajstić information content (AvgIpc) is 2.67. The summed E-state index contributed by atoms with van der Waals surface area (Å²) in [5.41, 5.74) is 7.70. The molecule has 0 bridgehead atoms. The number of hydrogen-bond donors (Lipinski definition) is 3. The summed E-state index contributed by atoms with van der Waals surface area (Å²) in [6.07, 6.45) is -0.0828. The molecular formula is C20H26ClN3O3. The van der Waals surface area contributed by atoms with Gasteiger partial charge in [-0.15, -0.1) is 12.4 Å². The largest absolute Gasteiger partial charge is 0.380 e. The first kappa shape index (κ1) is 22.6. The normalized spacial score (nSPS) is 12.4. The van der Waals surface area contributed by atoms with Crippen LogP contribution in [0.15, 0.2) is 54.6 Å². The van der Waals surface area contributed by atoms with Crippen molar-refractivity contribution >= 4 is 29.9 Å². The van der Waals surface area contributed by atoms with Crippen molar-refractivity contribution in [2.24, 2.45) is 5.73 Å². The number of methoxy groups -OCH3 is 1. The Morgan fingerprint density at radius 2 is 1.81 bits per heavy atom. The highest BCUT2D eigenvalue weighted by Crippen LogP contribution is 2.18. The highest BCUT2D eigenvalue weighted by atomic mass is 35.5. The molecule has 2 atom stereocenters. The molecule has 146 valence electrons. The number of carbonyl (C=O) groups excluding carboxylic acids is 2. The number of benzene rings is 2. The lowest BCUT2D eigenvalue weighted by Gasteiger charge is -2.18. The zero-order valence-electron chi connectivity index (χ0n) is 15.5. The second kappa shape index (κ2) is 11.3. The van der Waals surface area contributed by atoms with Crippen LogP contribution in [0.4, 0.5) is 5.69 Å². The molecular weight excluding hydrogens is 366 g/mol. The Labute approximate surface area is 165 Å². The number of halogens is 1. The summed E-state index contributed by atoms with van der Waals surface area (Å²) in [5.74, 6) is -0.307. The van der Waals surface area contributed by atoms with Crippen molar-refractivity contribution in [3.63, 3.8) is 0 Å². The Morgan fingerprint density at radius 1 is 1.11 bits per heavy atom. The molecule has 2 rings (SSSR count). The van der Waals surface area contributed by atoms with Crippen molar-refractivity contribution in [1.29, 1.82) is 0 Å². The Bertz CT molecular complexity index is 736. The molecule has 0 radical (unpaired) electrons. The molecule has 7 heteroatoms. The predicted molar refractivity (Wildman–Crippen MR) is 109 cm³/mol. The van der Waals surface area contributed by atoms with Crippen LogP contribution in [0.3, 0.4) is 0 Å². The molecule has 0 saturated carbocycles. The van der Waals surface area contributed by atoms with Crippen LogP contribution >= 0.6 is 12.4 Å². The number of nitrogens with two attached hydrogens (primary N) is 1. The highest BCUT2D eigenvalue weighted by Gasteiger charge is 2.15. The molecule has 6 nitrogen and oxygen atoms in total.